The molecular formula is C6H10O5. The third kappa shape index (κ3) is 1.75. The smallest absolute Gasteiger partial charge is 0.215 e. The molecule has 1 fully saturated rings. The van der Waals surface area contributed by atoms with Crippen LogP contribution in [0.25, 0.3) is 0 Å². The van der Waals surface area contributed by atoms with Gasteiger partial charge in [0, 0.05) is 6.42 Å². The van der Waals surface area contributed by atoms with Gasteiger partial charge in [0.2, 0.25) is 6.29 Å². The van der Waals surface area contributed by atoms with Crippen LogP contribution in [0, 0.1) is 0 Å². The number of aliphatic hydroxyl groups excluding tert-OH is 3. The highest BCUT2D eigenvalue weighted by molar-refractivity contribution is 5.82. The van der Waals surface area contributed by atoms with E-state index in [1.165, 1.54) is 0 Å². The van der Waals surface area contributed by atoms with Crippen LogP contribution in [-0.2, 0) is 9.53 Å². The van der Waals surface area contributed by atoms with Gasteiger partial charge >= 0.3 is 0 Å². The number of aliphatic hydroxyl groups is 3. The summed E-state index contributed by atoms with van der Waals surface area (Å²) in [6.45, 7) is -0.397. The number of Topliss-reactive ketones (excluding diaryl/α,β-unsaturated/α-hetero) is 1. The zero-order chi connectivity index (χ0) is 8.43. The molecule has 11 heavy (non-hydrogen) atoms. The van der Waals surface area contributed by atoms with Crippen LogP contribution in [0.3, 0.4) is 0 Å². The number of hydrogen-bond acceptors (Lipinski definition) is 5. The lowest BCUT2D eigenvalue weighted by Crippen LogP contribution is -2.46. The van der Waals surface area contributed by atoms with Crippen molar-refractivity contribution in [2.45, 2.75) is 24.9 Å². The lowest BCUT2D eigenvalue weighted by Gasteiger charge is -2.28. The van der Waals surface area contributed by atoms with E-state index in [2.05, 4.69) is 4.74 Å². The molecule has 3 N–H and O–H groups in total. The fourth-order valence-corrected chi connectivity index (χ4v) is 0.935. The molecule has 0 saturated carbocycles. The summed E-state index contributed by atoms with van der Waals surface area (Å²) < 4.78 is 4.57. The van der Waals surface area contributed by atoms with Crippen LogP contribution in [0.1, 0.15) is 6.42 Å². The Hall–Kier alpha value is -0.490. The SMILES string of the molecule is O=[13C]1[13CH2][13C@H](O)[13C@@H]([13CH2]O)O[13CH]1O. The number of ether oxygens (including phenoxy) is 1. The maximum absolute atomic E-state index is 10.6. The third-order valence-corrected chi connectivity index (χ3v) is 1.60. The second-order valence-corrected chi connectivity index (χ2v) is 2.45. The van der Waals surface area contributed by atoms with E-state index in [9.17, 15) is 4.79 Å². The van der Waals surface area contributed by atoms with E-state index in [1.54, 1.807) is 0 Å². The molecule has 5 heteroatoms. The second kappa shape index (κ2) is 3.27. The van der Waals surface area contributed by atoms with Crippen molar-refractivity contribution in [3.05, 3.63) is 0 Å². The van der Waals surface area contributed by atoms with Crippen molar-refractivity contribution in [3.63, 3.8) is 0 Å². The van der Waals surface area contributed by atoms with Gasteiger partial charge in [-0.1, -0.05) is 0 Å². The molecule has 0 aliphatic carbocycles. The molecule has 0 radical (unpaired) electrons. The van der Waals surface area contributed by atoms with Crippen LogP contribution in [0.4, 0.5) is 0 Å². The Balaban J connectivity index is 2.54. The molecule has 0 amide bonds. The summed E-state index contributed by atoms with van der Waals surface area (Å²) in [4.78, 5) is 10.6. The molecule has 1 unspecified atom stereocenters. The molecular weight excluding hydrogens is 158 g/mol. The second-order valence-electron chi connectivity index (χ2n) is 2.45. The van der Waals surface area contributed by atoms with E-state index in [0.717, 1.165) is 0 Å². The van der Waals surface area contributed by atoms with Crippen molar-refractivity contribution in [2.24, 2.45) is 0 Å². The minimum Gasteiger partial charge on any atom is -0.394 e. The first kappa shape index (κ1) is 8.61. The van der Waals surface area contributed by atoms with Crippen molar-refractivity contribution in [1.29, 1.82) is 0 Å². The third-order valence-electron chi connectivity index (χ3n) is 1.60. The van der Waals surface area contributed by atoms with E-state index in [1.807, 2.05) is 0 Å². The topological polar surface area (TPSA) is 87.0 Å². The van der Waals surface area contributed by atoms with Gasteiger partial charge < -0.3 is 20.1 Å². The summed E-state index contributed by atoms with van der Waals surface area (Å²) in [5.74, 6) is -0.554. The molecule has 0 aromatic rings. The first-order valence-corrected chi connectivity index (χ1v) is 3.30. The first-order valence-electron chi connectivity index (χ1n) is 3.30. The molecule has 3 atom stereocenters. The van der Waals surface area contributed by atoms with Gasteiger partial charge in [0.05, 0.1) is 12.7 Å². The normalized spacial score (nSPS) is 39.2. The molecule has 5 nitrogen and oxygen atoms in total. The fourth-order valence-electron chi connectivity index (χ4n) is 0.935. The molecule has 1 rings (SSSR count). The maximum Gasteiger partial charge on any atom is 0.215 e. The van der Waals surface area contributed by atoms with E-state index < -0.39 is 30.9 Å². The average Bonchev–Trinajstić information content (AvgIpc) is 1.97. The van der Waals surface area contributed by atoms with Gasteiger partial charge in [0.1, 0.15) is 6.10 Å². The van der Waals surface area contributed by atoms with Crippen LogP contribution in [0.5, 0.6) is 0 Å². The molecule has 0 aromatic carbocycles. The molecule has 0 spiro atoms. The number of hydrogen-bond donors (Lipinski definition) is 3. The molecule has 1 heterocycles. The van der Waals surface area contributed by atoms with Gasteiger partial charge in [-0.15, -0.1) is 0 Å². The van der Waals surface area contributed by atoms with Gasteiger partial charge in [-0.2, -0.15) is 0 Å². The van der Waals surface area contributed by atoms with Crippen LogP contribution in [0.2, 0.25) is 0 Å². The summed E-state index contributed by atoms with van der Waals surface area (Å²) in [5, 5.41) is 26.4. The Morgan fingerprint density at radius 1 is 1.55 bits per heavy atom. The standard InChI is InChI=1S/C6H10O5/c7-2-5-3(8)1-4(9)6(10)11-5/h3,5-8,10H,1-2H2/t3-,5+,6?/m0/s1/i1+1,2+1,3+1,4+1,5+1,6+1. The monoisotopic (exact) mass is 168 g/mol. The lowest BCUT2D eigenvalue weighted by molar-refractivity contribution is -0.205. The number of carbonyl (C=O) groups excluding carboxylic acids is 1. The molecule has 1 aliphatic heterocycles. The summed E-state index contributed by atoms with van der Waals surface area (Å²) in [6.07, 6.45) is -3.50. The van der Waals surface area contributed by atoms with Crippen molar-refractivity contribution >= 4 is 5.78 Å². The number of carbonyl (C=O) groups is 1. The number of rotatable bonds is 1. The molecule has 0 bridgehead atoms. The highest BCUT2D eigenvalue weighted by atomic mass is 16.8. The Morgan fingerprint density at radius 3 is 2.73 bits per heavy atom. The van der Waals surface area contributed by atoms with E-state index >= 15 is 0 Å². The predicted octanol–water partition coefficient (Wildman–Crippen LogP) is -1.98. The van der Waals surface area contributed by atoms with E-state index in [4.69, 9.17) is 15.3 Å². The van der Waals surface area contributed by atoms with Crippen molar-refractivity contribution in [2.75, 3.05) is 6.61 Å². The van der Waals surface area contributed by atoms with Gasteiger partial charge in [-0.3, -0.25) is 4.79 Å². The van der Waals surface area contributed by atoms with Gasteiger partial charge in [-0.25, -0.2) is 0 Å². The highest BCUT2D eigenvalue weighted by Crippen LogP contribution is 2.14. The summed E-state index contributed by atoms with van der Waals surface area (Å²) in [7, 11) is 0. The Labute approximate surface area is 63.2 Å². The van der Waals surface area contributed by atoms with Gasteiger partial charge in [0.25, 0.3) is 0 Å². The maximum atomic E-state index is 10.6. The Bertz CT molecular complexity index is 157. The average molecular weight is 168 g/mol. The zero-order valence-electron chi connectivity index (χ0n) is 5.80. The summed E-state index contributed by atoms with van der Waals surface area (Å²) in [5.41, 5.74) is 0. The summed E-state index contributed by atoms with van der Waals surface area (Å²) >= 11 is 0. The highest BCUT2D eigenvalue weighted by Gasteiger charge is 2.34. The quantitative estimate of drug-likeness (QED) is 0.395. The minimum absolute atomic E-state index is 0.160. The first-order chi connectivity index (χ1) is 5.15. The van der Waals surface area contributed by atoms with Crippen LogP contribution in [-0.4, -0.2) is 46.2 Å². The van der Waals surface area contributed by atoms with Crippen LogP contribution >= 0.6 is 0 Å². The summed E-state index contributed by atoms with van der Waals surface area (Å²) in [6, 6.07) is 0. The molecule has 1 aliphatic rings. The van der Waals surface area contributed by atoms with Gasteiger partial charge in [0.15, 0.2) is 5.78 Å². The molecule has 1 saturated heterocycles. The zero-order valence-corrected chi connectivity index (χ0v) is 5.80. The predicted molar refractivity (Wildman–Crippen MR) is 33.6 cm³/mol. The fraction of sp³-hybridized carbons (Fsp3) is 0.833. The van der Waals surface area contributed by atoms with E-state index in [0.29, 0.717) is 0 Å². The largest absolute Gasteiger partial charge is 0.394 e. The van der Waals surface area contributed by atoms with E-state index in [-0.39, 0.29) is 6.42 Å². The van der Waals surface area contributed by atoms with Crippen LogP contribution in [0.15, 0.2) is 0 Å². The lowest BCUT2D eigenvalue weighted by atomic mass is 11.0. The molecule has 0 aromatic heterocycles. The Morgan fingerprint density at radius 2 is 2.18 bits per heavy atom. The van der Waals surface area contributed by atoms with Gasteiger partial charge in [-0.05, 0) is 0 Å². The minimum atomic E-state index is -1.49. The van der Waals surface area contributed by atoms with Crippen LogP contribution < -0.4 is 0 Å². The molecule has 64 valence electrons. The number of ketones is 1. The van der Waals surface area contributed by atoms with Crippen molar-refractivity contribution in [3.8, 4) is 0 Å². The Kier molecular flexibility index (Phi) is 2.56. The van der Waals surface area contributed by atoms with Crippen molar-refractivity contribution < 1.29 is 24.9 Å². The van der Waals surface area contributed by atoms with Crippen molar-refractivity contribution in [1.82, 2.24) is 0 Å².